The quantitative estimate of drug-likeness (QED) is 0.727. The monoisotopic (exact) mass is 240 g/mol. The number of likely N-dealkylation sites (tertiary alicyclic amines) is 1. The molecule has 0 saturated carbocycles. The largest absolute Gasteiger partial charge is 0.415 e. The molecule has 3 N–H and O–H groups in total. The number of hydrogen-bond donors (Lipinski definition) is 2. The van der Waals surface area contributed by atoms with Crippen LogP contribution in [0.2, 0.25) is 0 Å². The van der Waals surface area contributed by atoms with Gasteiger partial charge in [0.05, 0.1) is 12.6 Å². The van der Waals surface area contributed by atoms with Gasteiger partial charge in [-0.15, -0.1) is 0 Å². The summed E-state index contributed by atoms with van der Waals surface area (Å²) in [5.41, 5.74) is 2.15. The van der Waals surface area contributed by atoms with Crippen molar-refractivity contribution in [2.45, 2.75) is 37.5 Å². The summed E-state index contributed by atoms with van der Waals surface area (Å²) < 4.78 is 37.6. The number of carbonyl (C=O) groups is 1. The molecule has 1 rings (SSSR count). The van der Waals surface area contributed by atoms with Gasteiger partial charge in [0.15, 0.2) is 5.54 Å². The number of nitrogens with zero attached hydrogens (tertiary/aromatic N) is 1. The van der Waals surface area contributed by atoms with Crippen LogP contribution in [0.25, 0.3) is 0 Å². The number of carbonyl (C=O) groups excluding carboxylic acids is 1. The summed E-state index contributed by atoms with van der Waals surface area (Å²) in [7, 11) is 0. The fraction of sp³-hybridized carbons (Fsp3) is 0.889. The first-order valence-corrected chi connectivity index (χ1v) is 4.99. The van der Waals surface area contributed by atoms with Crippen molar-refractivity contribution in [2.75, 3.05) is 13.2 Å². The number of rotatable bonds is 2. The Bertz CT molecular complexity index is 278. The van der Waals surface area contributed by atoms with Crippen molar-refractivity contribution in [2.24, 2.45) is 5.73 Å². The number of aliphatic hydroxyl groups excluding tert-OH is 1. The van der Waals surface area contributed by atoms with E-state index in [1.807, 2.05) is 0 Å². The summed E-state index contributed by atoms with van der Waals surface area (Å²) in [6.45, 7) is 0.536. The van der Waals surface area contributed by atoms with E-state index in [1.54, 1.807) is 0 Å². The summed E-state index contributed by atoms with van der Waals surface area (Å²) in [6.07, 6.45) is -3.69. The molecule has 0 aromatic rings. The molecule has 94 valence electrons. The lowest BCUT2D eigenvalue weighted by atomic mass is 10.0. The van der Waals surface area contributed by atoms with Crippen LogP contribution < -0.4 is 5.73 Å². The normalized spacial score (nSPS) is 25.6. The van der Waals surface area contributed by atoms with E-state index in [0.717, 1.165) is 4.90 Å². The number of aliphatic hydroxyl groups is 1. The lowest BCUT2D eigenvalue weighted by Crippen LogP contribution is -2.63. The number of amides is 1. The third-order valence-electron chi connectivity index (χ3n) is 2.88. The van der Waals surface area contributed by atoms with Crippen LogP contribution in [-0.2, 0) is 4.79 Å². The van der Waals surface area contributed by atoms with Crippen molar-refractivity contribution in [1.82, 2.24) is 4.90 Å². The Morgan fingerprint density at radius 1 is 1.56 bits per heavy atom. The summed E-state index contributed by atoms with van der Waals surface area (Å²) in [4.78, 5) is 12.7. The second-order valence-electron chi connectivity index (χ2n) is 4.18. The highest BCUT2D eigenvalue weighted by Crippen LogP contribution is 2.31. The Kier molecular flexibility index (Phi) is 3.49. The third kappa shape index (κ3) is 2.15. The Hall–Kier alpha value is -0.820. The fourth-order valence-corrected chi connectivity index (χ4v) is 1.71. The van der Waals surface area contributed by atoms with Gasteiger partial charge in [0.2, 0.25) is 0 Å². The zero-order valence-corrected chi connectivity index (χ0v) is 8.92. The number of nitrogens with two attached hydrogens (primary N) is 1. The lowest BCUT2D eigenvalue weighted by molar-refractivity contribution is -0.194. The highest BCUT2D eigenvalue weighted by Gasteiger charge is 2.56. The zero-order valence-electron chi connectivity index (χ0n) is 8.92. The highest BCUT2D eigenvalue weighted by atomic mass is 19.4. The first-order chi connectivity index (χ1) is 7.21. The van der Waals surface area contributed by atoms with Crippen molar-refractivity contribution in [3.8, 4) is 0 Å². The van der Waals surface area contributed by atoms with Crippen LogP contribution in [0.1, 0.15) is 19.8 Å². The average Bonchev–Trinajstić information content (AvgIpc) is 2.62. The van der Waals surface area contributed by atoms with Crippen LogP contribution >= 0.6 is 0 Å². The Morgan fingerprint density at radius 3 is 2.56 bits per heavy atom. The molecule has 1 saturated heterocycles. The topological polar surface area (TPSA) is 66.6 Å². The van der Waals surface area contributed by atoms with Gasteiger partial charge in [-0.2, -0.15) is 13.2 Å². The predicted octanol–water partition coefficient (Wildman–Crippen LogP) is 0.249. The molecular weight excluding hydrogens is 225 g/mol. The minimum atomic E-state index is -4.79. The molecule has 1 unspecified atom stereocenters. The molecular formula is C9H15F3N2O2. The molecule has 0 aromatic heterocycles. The number of alkyl halides is 3. The van der Waals surface area contributed by atoms with Crippen LogP contribution in [0.4, 0.5) is 13.2 Å². The van der Waals surface area contributed by atoms with Crippen molar-refractivity contribution in [1.29, 1.82) is 0 Å². The molecule has 0 aliphatic carbocycles. The van der Waals surface area contributed by atoms with E-state index in [9.17, 15) is 18.0 Å². The molecule has 1 fully saturated rings. The van der Waals surface area contributed by atoms with E-state index in [2.05, 4.69) is 0 Å². The van der Waals surface area contributed by atoms with E-state index >= 15 is 0 Å². The SMILES string of the molecule is CC(N)(C(=O)N1CCC[C@H]1CO)C(F)(F)F. The molecule has 0 radical (unpaired) electrons. The van der Waals surface area contributed by atoms with Crippen molar-refractivity contribution in [3.63, 3.8) is 0 Å². The zero-order chi connectivity index (χ0) is 12.6. The molecule has 1 heterocycles. The van der Waals surface area contributed by atoms with Gasteiger partial charge in [-0.25, -0.2) is 0 Å². The second kappa shape index (κ2) is 4.21. The standard InChI is InChI=1S/C9H15F3N2O2/c1-8(13,9(10,11)12)7(16)14-4-2-3-6(14)5-15/h6,15H,2-5,13H2,1H3/t6-,8?/m0/s1. The molecule has 0 aromatic carbocycles. The van der Waals surface area contributed by atoms with Gasteiger partial charge in [0.25, 0.3) is 5.91 Å². The molecule has 7 heteroatoms. The predicted molar refractivity (Wildman–Crippen MR) is 50.5 cm³/mol. The summed E-state index contributed by atoms with van der Waals surface area (Å²) in [6, 6.07) is -0.544. The first-order valence-electron chi connectivity index (χ1n) is 4.99. The lowest BCUT2D eigenvalue weighted by Gasteiger charge is -2.33. The maximum absolute atomic E-state index is 12.5. The Balaban J connectivity index is 2.85. The van der Waals surface area contributed by atoms with Gasteiger partial charge in [0.1, 0.15) is 0 Å². The van der Waals surface area contributed by atoms with Crippen LogP contribution in [0.3, 0.4) is 0 Å². The van der Waals surface area contributed by atoms with Crippen molar-refractivity contribution in [3.05, 3.63) is 0 Å². The van der Waals surface area contributed by atoms with Gasteiger partial charge < -0.3 is 15.7 Å². The number of hydrogen-bond acceptors (Lipinski definition) is 3. The van der Waals surface area contributed by atoms with Gasteiger partial charge >= 0.3 is 6.18 Å². The van der Waals surface area contributed by atoms with Crippen molar-refractivity contribution >= 4 is 5.91 Å². The molecule has 1 aliphatic heterocycles. The molecule has 4 nitrogen and oxygen atoms in total. The van der Waals surface area contributed by atoms with Crippen LogP contribution in [0, 0.1) is 0 Å². The van der Waals surface area contributed by atoms with E-state index in [0.29, 0.717) is 19.8 Å². The summed E-state index contributed by atoms with van der Waals surface area (Å²) in [5.74, 6) is -1.17. The molecule has 0 bridgehead atoms. The minimum Gasteiger partial charge on any atom is -0.394 e. The van der Waals surface area contributed by atoms with Crippen LogP contribution in [0.15, 0.2) is 0 Å². The molecule has 2 atom stereocenters. The molecule has 0 spiro atoms. The van der Waals surface area contributed by atoms with Gasteiger partial charge in [-0.05, 0) is 19.8 Å². The first kappa shape index (κ1) is 13.2. The fourth-order valence-electron chi connectivity index (χ4n) is 1.71. The molecule has 1 aliphatic rings. The Labute approximate surface area is 91.2 Å². The molecule has 16 heavy (non-hydrogen) atoms. The average molecular weight is 240 g/mol. The maximum Gasteiger partial charge on any atom is 0.415 e. The van der Waals surface area contributed by atoms with E-state index < -0.39 is 23.7 Å². The molecule has 1 amide bonds. The van der Waals surface area contributed by atoms with Crippen molar-refractivity contribution < 1.29 is 23.1 Å². The highest BCUT2D eigenvalue weighted by molar-refractivity contribution is 5.87. The summed E-state index contributed by atoms with van der Waals surface area (Å²) in [5, 5.41) is 8.94. The number of halogens is 3. The maximum atomic E-state index is 12.5. The van der Waals surface area contributed by atoms with Crippen LogP contribution in [0.5, 0.6) is 0 Å². The van der Waals surface area contributed by atoms with Gasteiger partial charge in [-0.3, -0.25) is 4.79 Å². The third-order valence-corrected chi connectivity index (χ3v) is 2.88. The van der Waals surface area contributed by atoms with Gasteiger partial charge in [-0.1, -0.05) is 0 Å². The van der Waals surface area contributed by atoms with Gasteiger partial charge in [0, 0.05) is 6.54 Å². The van der Waals surface area contributed by atoms with E-state index in [-0.39, 0.29) is 13.2 Å². The summed E-state index contributed by atoms with van der Waals surface area (Å²) >= 11 is 0. The Morgan fingerprint density at radius 2 is 2.12 bits per heavy atom. The second-order valence-corrected chi connectivity index (χ2v) is 4.18. The minimum absolute atomic E-state index is 0.215. The van der Waals surface area contributed by atoms with Crippen LogP contribution in [-0.4, -0.2) is 46.8 Å². The van der Waals surface area contributed by atoms with E-state index in [4.69, 9.17) is 10.8 Å². The smallest absolute Gasteiger partial charge is 0.394 e. The van der Waals surface area contributed by atoms with E-state index in [1.165, 1.54) is 0 Å².